The number of fused-ring (bicyclic) bond motifs is 1. The minimum Gasteiger partial charge on any atom is -0.326 e. The maximum atomic E-state index is 13.9. The fourth-order valence-electron chi connectivity index (χ4n) is 3.39. The van der Waals surface area contributed by atoms with E-state index in [1.807, 2.05) is 4.90 Å². The van der Waals surface area contributed by atoms with Gasteiger partial charge in [0.2, 0.25) is 0 Å². The van der Waals surface area contributed by atoms with E-state index in [1.54, 1.807) is 31.4 Å². The molecule has 0 atom stereocenters. The van der Waals surface area contributed by atoms with Crippen LogP contribution in [0.25, 0.3) is 0 Å². The van der Waals surface area contributed by atoms with Crippen LogP contribution in [0.5, 0.6) is 0 Å². The van der Waals surface area contributed by atoms with Crippen LogP contribution in [-0.4, -0.2) is 29.6 Å². The molecule has 0 bridgehead atoms. The Morgan fingerprint density at radius 2 is 2.07 bits per heavy atom. The number of carbonyl (C=O) groups excluding carboxylic acids is 1. The molecule has 0 fully saturated rings. The molecule has 0 spiro atoms. The number of anilines is 4. The number of aromatic nitrogens is 2. The van der Waals surface area contributed by atoms with Gasteiger partial charge in [-0.1, -0.05) is 17.7 Å². The molecule has 1 aliphatic rings. The number of urea groups is 1. The highest BCUT2D eigenvalue weighted by molar-refractivity contribution is 6.33. The minimum atomic E-state index is -0.730. The van der Waals surface area contributed by atoms with Crippen LogP contribution >= 0.6 is 11.6 Å². The van der Waals surface area contributed by atoms with E-state index in [0.717, 1.165) is 30.3 Å². The van der Waals surface area contributed by atoms with E-state index in [-0.39, 0.29) is 16.5 Å². The molecular weight excluding hydrogens is 412 g/mol. The lowest BCUT2D eigenvalue weighted by atomic mass is 10.0. The van der Waals surface area contributed by atoms with Crippen LogP contribution in [0.15, 0.2) is 48.9 Å². The van der Waals surface area contributed by atoms with Gasteiger partial charge < -0.3 is 10.2 Å². The van der Waals surface area contributed by atoms with Crippen LogP contribution in [0.1, 0.15) is 12.0 Å². The van der Waals surface area contributed by atoms with Gasteiger partial charge in [-0.25, -0.2) is 18.6 Å². The zero-order valence-corrected chi connectivity index (χ0v) is 16.8. The number of aryl methyl sites for hydroxylation is 1. The van der Waals surface area contributed by atoms with E-state index < -0.39 is 11.8 Å². The number of hydrogen-bond acceptors (Lipinski definition) is 4. The van der Waals surface area contributed by atoms with E-state index in [4.69, 9.17) is 11.6 Å². The van der Waals surface area contributed by atoms with Crippen molar-refractivity contribution < 1.29 is 13.6 Å². The number of halogens is 3. The number of benzene rings is 1. The van der Waals surface area contributed by atoms with Crippen molar-refractivity contribution in [3.8, 4) is 0 Å². The number of hydrogen-bond donors (Lipinski definition) is 1. The molecule has 1 N–H and O–H groups in total. The number of rotatable bonds is 3. The normalized spacial score (nSPS) is 13.0. The molecule has 1 aliphatic heterocycles. The van der Waals surface area contributed by atoms with Crippen molar-refractivity contribution in [3.63, 3.8) is 0 Å². The third-order valence-corrected chi connectivity index (χ3v) is 5.24. The Bertz CT molecular complexity index is 1090. The third-order valence-electron chi connectivity index (χ3n) is 4.95. The number of amides is 2. The van der Waals surface area contributed by atoms with Crippen molar-refractivity contribution in [2.45, 2.75) is 12.8 Å². The lowest BCUT2D eigenvalue weighted by Gasteiger charge is -2.31. The van der Waals surface area contributed by atoms with Crippen molar-refractivity contribution in [2.75, 3.05) is 28.7 Å². The largest absolute Gasteiger partial charge is 0.326 e. The summed E-state index contributed by atoms with van der Waals surface area (Å²) in [6.07, 6.45) is 5.56. The summed E-state index contributed by atoms with van der Waals surface area (Å²) < 4.78 is 27.7. The summed E-state index contributed by atoms with van der Waals surface area (Å²) in [5.41, 5.74) is 2.21. The second kappa shape index (κ2) is 8.23. The van der Waals surface area contributed by atoms with Gasteiger partial charge in [-0.2, -0.15) is 0 Å². The summed E-state index contributed by atoms with van der Waals surface area (Å²) in [7, 11) is 1.55. The molecule has 4 rings (SSSR count). The van der Waals surface area contributed by atoms with Crippen molar-refractivity contribution in [1.82, 2.24) is 9.97 Å². The molecule has 30 heavy (non-hydrogen) atoms. The molecule has 0 saturated carbocycles. The maximum Gasteiger partial charge on any atom is 0.326 e. The fraction of sp³-hybridized carbons (Fsp3) is 0.190. The molecule has 2 amide bonds. The first-order valence-corrected chi connectivity index (χ1v) is 9.67. The van der Waals surface area contributed by atoms with Crippen LogP contribution < -0.4 is 15.1 Å². The summed E-state index contributed by atoms with van der Waals surface area (Å²) in [5.74, 6) is -0.456. The average Bonchev–Trinajstić information content (AvgIpc) is 2.75. The summed E-state index contributed by atoms with van der Waals surface area (Å²) in [5, 5.41) is 2.45. The van der Waals surface area contributed by atoms with Crippen LogP contribution in [-0.2, 0) is 6.42 Å². The number of pyridine rings is 2. The van der Waals surface area contributed by atoms with Gasteiger partial charge in [0.25, 0.3) is 0 Å². The zero-order chi connectivity index (χ0) is 21.3. The first kappa shape index (κ1) is 20.0. The Hall–Kier alpha value is -3.26. The minimum absolute atomic E-state index is 0.000817. The van der Waals surface area contributed by atoms with E-state index in [0.29, 0.717) is 18.1 Å². The van der Waals surface area contributed by atoms with Crippen LogP contribution in [0.2, 0.25) is 5.02 Å². The molecule has 3 aromatic rings. The standard InChI is InChI=1S/C21H18ClF2N5O/c1-28(21(30)27-20-16(22)11-25-12-17(20)24)15-6-7-26-19(10-15)29-8-2-3-13-4-5-14(23)9-18(13)29/h4-7,9-12H,2-3,8H2,1H3,(H,25,27,30). The van der Waals surface area contributed by atoms with Crippen molar-refractivity contribution in [1.29, 1.82) is 0 Å². The maximum absolute atomic E-state index is 13.9. The highest BCUT2D eigenvalue weighted by atomic mass is 35.5. The second-order valence-corrected chi connectivity index (χ2v) is 7.27. The monoisotopic (exact) mass is 429 g/mol. The van der Waals surface area contributed by atoms with Gasteiger partial charge in [0.05, 0.1) is 16.9 Å². The van der Waals surface area contributed by atoms with E-state index in [1.165, 1.54) is 23.2 Å². The Morgan fingerprint density at radius 3 is 2.87 bits per heavy atom. The molecule has 0 radical (unpaired) electrons. The summed E-state index contributed by atoms with van der Waals surface area (Å²) in [6, 6.07) is 7.53. The Morgan fingerprint density at radius 1 is 1.23 bits per heavy atom. The van der Waals surface area contributed by atoms with Gasteiger partial charge in [0, 0.05) is 37.7 Å². The van der Waals surface area contributed by atoms with Gasteiger partial charge in [0.1, 0.15) is 17.3 Å². The number of nitrogens with one attached hydrogen (secondary N) is 1. The van der Waals surface area contributed by atoms with Gasteiger partial charge in [-0.05, 0) is 36.6 Å². The predicted molar refractivity (Wildman–Crippen MR) is 113 cm³/mol. The van der Waals surface area contributed by atoms with Gasteiger partial charge >= 0.3 is 6.03 Å². The molecule has 6 nitrogen and oxygen atoms in total. The van der Waals surface area contributed by atoms with Gasteiger partial charge in [-0.15, -0.1) is 0 Å². The Balaban J connectivity index is 1.60. The first-order valence-electron chi connectivity index (χ1n) is 9.30. The summed E-state index contributed by atoms with van der Waals surface area (Å²) >= 11 is 5.93. The molecule has 0 aliphatic carbocycles. The molecule has 9 heteroatoms. The van der Waals surface area contributed by atoms with Crippen molar-refractivity contribution >= 4 is 40.5 Å². The Labute approximate surface area is 177 Å². The highest BCUT2D eigenvalue weighted by Crippen LogP contribution is 2.34. The van der Waals surface area contributed by atoms with Gasteiger partial charge in [0.15, 0.2) is 5.82 Å². The number of carbonyl (C=O) groups is 1. The van der Waals surface area contributed by atoms with Crippen LogP contribution in [0, 0.1) is 11.6 Å². The number of nitrogens with zero attached hydrogens (tertiary/aromatic N) is 4. The molecule has 154 valence electrons. The molecule has 2 aromatic heterocycles. The van der Waals surface area contributed by atoms with Gasteiger partial charge in [-0.3, -0.25) is 9.88 Å². The molecule has 0 unspecified atom stereocenters. The molecular formula is C21H18ClF2N5O. The van der Waals surface area contributed by atoms with E-state index in [9.17, 15) is 13.6 Å². The predicted octanol–water partition coefficient (Wildman–Crippen LogP) is 5.16. The lowest BCUT2D eigenvalue weighted by Crippen LogP contribution is -2.32. The van der Waals surface area contributed by atoms with E-state index in [2.05, 4.69) is 15.3 Å². The van der Waals surface area contributed by atoms with Crippen LogP contribution in [0.3, 0.4) is 0 Å². The molecule has 3 heterocycles. The summed E-state index contributed by atoms with van der Waals surface area (Å²) in [4.78, 5) is 23.9. The SMILES string of the molecule is CN(C(=O)Nc1c(F)cncc1Cl)c1ccnc(N2CCCc3ccc(F)cc32)c1. The third kappa shape index (κ3) is 3.91. The lowest BCUT2D eigenvalue weighted by molar-refractivity contribution is 0.258. The molecule has 1 aromatic carbocycles. The van der Waals surface area contributed by atoms with E-state index >= 15 is 0 Å². The highest BCUT2D eigenvalue weighted by Gasteiger charge is 2.22. The van der Waals surface area contributed by atoms with Crippen LogP contribution in [0.4, 0.5) is 36.5 Å². The average molecular weight is 430 g/mol. The first-order chi connectivity index (χ1) is 14.4. The Kier molecular flexibility index (Phi) is 5.50. The zero-order valence-electron chi connectivity index (χ0n) is 16.1. The summed E-state index contributed by atoms with van der Waals surface area (Å²) in [6.45, 7) is 0.681. The second-order valence-electron chi connectivity index (χ2n) is 6.87. The fourth-order valence-corrected chi connectivity index (χ4v) is 3.58. The quantitative estimate of drug-likeness (QED) is 0.624. The van der Waals surface area contributed by atoms with Crippen molar-refractivity contribution in [2.24, 2.45) is 0 Å². The van der Waals surface area contributed by atoms with Crippen molar-refractivity contribution in [3.05, 3.63) is 71.1 Å². The molecule has 0 saturated heterocycles. The topological polar surface area (TPSA) is 61.4 Å². The smallest absolute Gasteiger partial charge is 0.326 e.